The molecule has 110 valence electrons. The number of carbonyl (C=O) groups is 1. The number of phenols is 1. The van der Waals surface area contributed by atoms with Crippen molar-refractivity contribution in [1.82, 2.24) is 4.90 Å². The fraction of sp³-hybridized carbons (Fsp3) is 0.375. The Hall–Kier alpha value is -2.48. The number of aryl methyl sites for hydroxylation is 1. The van der Waals surface area contributed by atoms with E-state index in [1.807, 2.05) is 19.1 Å². The van der Waals surface area contributed by atoms with E-state index < -0.39 is 0 Å². The van der Waals surface area contributed by atoms with Crippen molar-refractivity contribution in [3.63, 3.8) is 0 Å². The van der Waals surface area contributed by atoms with Gasteiger partial charge in [-0.1, -0.05) is 6.07 Å². The SMILES string of the molecule is Cc1ccc(N/C=C(/C#N)C(=O)N2CCCCC2)c(O)c1. The molecule has 1 amide bonds. The highest BCUT2D eigenvalue weighted by Crippen LogP contribution is 2.24. The fourth-order valence-electron chi connectivity index (χ4n) is 2.32. The minimum Gasteiger partial charge on any atom is -0.506 e. The fourth-order valence-corrected chi connectivity index (χ4v) is 2.32. The number of piperidine rings is 1. The molecule has 0 radical (unpaired) electrons. The van der Waals surface area contributed by atoms with E-state index in [-0.39, 0.29) is 17.2 Å². The number of benzene rings is 1. The number of aromatic hydroxyl groups is 1. The number of amides is 1. The first-order valence-corrected chi connectivity index (χ1v) is 7.07. The van der Waals surface area contributed by atoms with Gasteiger partial charge in [0.2, 0.25) is 0 Å². The summed E-state index contributed by atoms with van der Waals surface area (Å²) in [6.07, 6.45) is 4.46. The normalized spacial score (nSPS) is 15.4. The van der Waals surface area contributed by atoms with Crippen molar-refractivity contribution in [3.8, 4) is 11.8 Å². The van der Waals surface area contributed by atoms with Crippen molar-refractivity contribution in [2.24, 2.45) is 0 Å². The van der Waals surface area contributed by atoms with Crippen molar-refractivity contribution < 1.29 is 9.90 Å². The average molecular weight is 285 g/mol. The van der Waals surface area contributed by atoms with Gasteiger partial charge in [0.05, 0.1) is 5.69 Å². The molecular formula is C16H19N3O2. The Morgan fingerprint density at radius 1 is 1.38 bits per heavy atom. The smallest absolute Gasteiger partial charge is 0.266 e. The molecule has 21 heavy (non-hydrogen) atoms. The second-order valence-corrected chi connectivity index (χ2v) is 5.19. The number of carbonyl (C=O) groups excluding carboxylic acids is 1. The molecule has 2 N–H and O–H groups in total. The molecule has 0 aliphatic carbocycles. The Morgan fingerprint density at radius 3 is 2.71 bits per heavy atom. The number of nitrogens with zero attached hydrogens (tertiary/aromatic N) is 2. The van der Waals surface area contributed by atoms with E-state index in [4.69, 9.17) is 5.26 Å². The number of nitriles is 1. The molecule has 1 aliphatic heterocycles. The Labute approximate surface area is 124 Å². The second-order valence-electron chi connectivity index (χ2n) is 5.19. The van der Waals surface area contributed by atoms with E-state index in [0.717, 1.165) is 24.8 Å². The summed E-state index contributed by atoms with van der Waals surface area (Å²) in [6, 6.07) is 7.10. The highest BCUT2D eigenvalue weighted by Gasteiger charge is 2.20. The van der Waals surface area contributed by atoms with Crippen LogP contribution in [0.5, 0.6) is 5.75 Å². The van der Waals surface area contributed by atoms with Crippen LogP contribution in [0.2, 0.25) is 0 Å². The summed E-state index contributed by atoms with van der Waals surface area (Å²) in [5.74, 6) is -0.162. The van der Waals surface area contributed by atoms with Crippen molar-refractivity contribution in [2.45, 2.75) is 26.2 Å². The van der Waals surface area contributed by atoms with Crippen LogP contribution in [0.15, 0.2) is 30.0 Å². The zero-order valence-corrected chi connectivity index (χ0v) is 12.1. The zero-order valence-electron chi connectivity index (χ0n) is 12.1. The van der Waals surface area contributed by atoms with Crippen LogP contribution in [-0.4, -0.2) is 29.0 Å². The van der Waals surface area contributed by atoms with Gasteiger partial charge in [-0.2, -0.15) is 5.26 Å². The van der Waals surface area contributed by atoms with Crippen molar-refractivity contribution in [3.05, 3.63) is 35.5 Å². The van der Waals surface area contributed by atoms with Gasteiger partial charge in [-0.3, -0.25) is 4.79 Å². The summed E-state index contributed by atoms with van der Waals surface area (Å²) >= 11 is 0. The molecule has 0 atom stereocenters. The maximum Gasteiger partial charge on any atom is 0.266 e. The van der Waals surface area contributed by atoms with Crippen LogP contribution >= 0.6 is 0 Å². The van der Waals surface area contributed by atoms with Gasteiger partial charge in [0, 0.05) is 19.3 Å². The first-order chi connectivity index (χ1) is 10.1. The Bertz CT molecular complexity index is 596. The summed E-state index contributed by atoms with van der Waals surface area (Å²) < 4.78 is 0. The lowest BCUT2D eigenvalue weighted by molar-refractivity contribution is -0.127. The van der Waals surface area contributed by atoms with Crippen LogP contribution in [0.3, 0.4) is 0 Å². The lowest BCUT2D eigenvalue weighted by Gasteiger charge is -2.26. The number of nitrogens with one attached hydrogen (secondary N) is 1. The third-order valence-corrected chi connectivity index (χ3v) is 3.52. The monoisotopic (exact) mass is 285 g/mol. The number of phenolic OH excluding ortho intramolecular Hbond substituents is 1. The van der Waals surface area contributed by atoms with Crippen LogP contribution in [-0.2, 0) is 4.79 Å². The Balaban J connectivity index is 2.09. The number of anilines is 1. The van der Waals surface area contributed by atoms with E-state index in [1.165, 1.54) is 6.20 Å². The number of likely N-dealkylation sites (tertiary alicyclic amines) is 1. The Morgan fingerprint density at radius 2 is 2.10 bits per heavy atom. The van der Waals surface area contributed by atoms with Crippen LogP contribution < -0.4 is 5.32 Å². The van der Waals surface area contributed by atoms with E-state index >= 15 is 0 Å². The zero-order chi connectivity index (χ0) is 15.2. The lowest BCUT2D eigenvalue weighted by atomic mass is 10.1. The number of rotatable bonds is 3. The van der Waals surface area contributed by atoms with Gasteiger partial charge in [-0.25, -0.2) is 0 Å². The van der Waals surface area contributed by atoms with E-state index in [9.17, 15) is 9.90 Å². The number of hydrogen-bond donors (Lipinski definition) is 2. The van der Waals surface area contributed by atoms with Gasteiger partial charge in [0.25, 0.3) is 5.91 Å². The molecule has 0 saturated carbocycles. The topological polar surface area (TPSA) is 76.4 Å². The molecule has 2 rings (SSSR count). The van der Waals surface area contributed by atoms with Gasteiger partial charge < -0.3 is 15.3 Å². The van der Waals surface area contributed by atoms with E-state index in [1.54, 1.807) is 17.0 Å². The van der Waals surface area contributed by atoms with Crippen LogP contribution in [0, 0.1) is 18.3 Å². The van der Waals surface area contributed by atoms with Gasteiger partial charge in [0.1, 0.15) is 17.4 Å². The van der Waals surface area contributed by atoms with Crippen molar-refractivity contribution in [1.29, 1.82) is 5.26 Å². The van der Waals surface area contributed by atoms with Crippen LogP contribution in [0.1, 0.15) is 24.8 Å². The summed E-state index contributed by atoms with van der Waals surface area (Å²) in [7, 11) is 0. The van der Waals surface area contributed by atoms with Gasteiger partial charge in [-0.15, -0.1) is 0 Å². The maximum atomic E-state index is 12.2. The van der Waals surface area contributed by atoms with Crippen molar-refractivity contribution in [2.75, 3.05) is 18.4 Å². The molecular weight excluding hydrogens is 266 g/mol. The predicted octanol–water partition coefficient (Wildman–Crippen LogP) is 2.53. The molecule has 1 aliphatic rings. The molecule has 1 saturated heterocycles. The minimum absolute atomic E-state index is 0.0527. The van der Waals surface area contributed by atoms with Crippen LogP contribution in [0.4, 0.5) is 5.69 Å². The standard InChI is InChI=1S/C16H19N3O2/c1-12-5-6-14(15(20)9-12)18-11-13(10-17)16(21)19-7-3-2-4-8-19/h5-6,9,11,18,20H,2-4,7-8H2,1H3/b13-11-. The lowest BCUT2D eigenvalue weighted by Crippen LogP contribution is -2.36. The third-order valence-electron chi connectivity index (χ3n) is 3.52. The quantitative estimate of drug-likeness (QED) is 0.508. The van der Waals surface area contributed by atoms with Gasteiger partial charge >= 0.3 is 0 Å². The molecule has 1 aromatic carbocycles. The molecule has 0 unspecified atom stereocenters. The van der Waals surface area contributed by atoms with Gasteiger partial charge in [0.15, 0.2) is 0 Å². The molecule has 5 nitrogen and oxygen atoms in total. The van der Waals surface area contributed by atoms with E-state index in [0.29, 0.717) is 18.8 Å². The molecule has 0 spiro atoms. The maximum absolute atomic E-state index is 12.2. The first kappa shape index (κ1) is 14.9. The first-order valence-electron chi connectivity index (χ1n) is 7.07. The summed E-state index contributed by atoms with van der Waals surface area (Å²) in [4.78, 5) is 13.9. The predicted molar refractivity (Wildman–Crippen MR) is 80.6 cm³/mol. The second kappa shape index (κ2) is 6.80. The molecule has 1 heterocycles. The molecule has 0 aromatic heterocycles. The summed E-state index contributed by atoms with van der Waals surface area (Å²) in [5, 5.41) is 21.8. The average Bonchev–Trinajstić information content (AvgIpc) is 2.50. The molecule has 1 aromatic rings. The molecule has 0 bridgehead atoms. The van der Waals surface area contributed by atoms with Crippen molar-refractivity contribution >= 4 is 11.6 Å². The van der Waals surface area contributed by atoms with Gasteiger partial charge in [-0.05, 0) is 43.9 Å². The molecule has 5 heteroatoms. The van der Waals surface area contributed by atoms with Crippen LogP contribution in [0.25, 0.3) is 0 Å². The highest BCUT2D eigenvalue weighted by atomic mass is 16.3. The molecule has 1 fully saturated rings. The third kappa shape index (κ3) is 3.76. The Kier molecular flexibility index (Phi) is 4.83. The summed E-state index contributed by atoms with van der Waals surface area (Å²) in [6.45, 7) is 3.28. The largest absolute Gasteiger partial charge is 0.506 e. The minimum atomic E-state index is -0.253. The highest BCUT2D eigenvalue weighted by molar-refractivity contribution is 5.97. The summed E-state index contributed by atoms with van der Waals surface area (Å²) in [5.41, 5.74) is 1.46. The van der Waals surface area contributed by atoms with E-state index in [2.05, 4.69) is 5.32 Å². The number of hydrogen-bond acceptors (Lipinski definition) is 4.